The standard InChI is InChI=1S/C15H18N8O4/c1-4-22-6-10(13(24)17-15(22)26)5-16-14(25)12-8(2)23(21-20-12)7-11-19-18-9(3)27-11/h6H,4-5,7H2,1-3H3,(H,16,25)(H,17,24,26). The maximum atomic E-state index is 12.4. The van der Waals surface area contributed by atoms with Crippen molar-refractivity contribution in [2.24, 2.45) is 0 Å². The fraction of sp³-hybridized carbons (Fsp3) is 0.400. The third kappa shape index (κ3) is 3.83. The molecule has 0 bridgehead atoms. The third-order valence-corrected chi connectivity index (χ3v) is 3.92. The Labute approximate surface area is 152 Å². The van der Waals surface area contributed by atoms with E-state index in [2.05, 4.69) is 30.8 Å². The predicted octanol–water partition coefficient (Wildman–Crippen LogP) is -0.874. The van der Waals surface area contributed by atoms with Crippen LogP contribution in [0.15, 0.2) is 20.2 Å². The number of aromatic amines is 1. The first-order valence-electron chi connectivity index (χ1n) is 8.19. The number of hydrogen-bond acceptors (Lipinski definition) is 8. The highest BCUT2D eigenvalue weighted by Gasteiger charge is 2.18. The second-order valence-corrected chi connectivity index (χ2v) is 5.78. The second-order valence-electron chi connectivity index (χ2n) is 5.78. The first-order valence-corrected chi connectivity index (χ1v) is 8.19. The lowest BCUT2D eigenvalue weighted by Crippen LogP contribution is -2.34. The molecule has 0 fully saturated rings. The number of H-pyrrole nitrogens is 1. The molecule has 3 aromatic heterocycles. The Balaban J connectivity index is 1.72. The van der Waals surface area contributed by atoms with E-state index in [0.717, 1.165) is 0 Å². The molecule has 3 aromatic rings. The molecule has 142 valence electrons. The zero-order valence-corrected chi connectivity index (χ0v) is 15.0. The summed E-state index contributed by atoms with van der Waals surface area (Å²) in [7, 11) is 0. The molecule has 2 N–H and O–H groups in total. The van der Waals surface area contributed by atoms with Gasteiger partial charge in [0.15, 0.2) is 5.69 Å². The topological polar surface area (TPSA) is 154 Å². The SMILES string of the molecule is CCn1cc(CNC(=O)c2nnn(Cc3nnc(C)o3)c2C)c(=O)[nH]c1=O. The van der Waals surface area contributed by atoms with E-state index < -0.39 is 17.2 Å². The molecular weight excluding hydrogens is 356 g/mol. The Bertz CT molecular complexity index is 1090. The van der Waals surface area contributed by atoms with E-state index in [-0.39, 0.29) is 24.3 Å². The molecule has 0 aromatic carbocycles. The maximum Gasteiger partial charge on any atom is 0.328 e. The molecule has 27 heavy (non-hydrogen) atoms. The van der Waals surface area contributed by atoms with Gasteiger partial charge in [0, 0.05) is 19.7 Å². The summed E-state index contributed by atoms with van der Waals surface area (Å²) < 4.78 is 8.09. The summed E-state index contributed by atoms with van der Waals surface area (Å²) >= 11 is 0. The van der Waals surface area contributed by atoms with Crippen LogP contribution in [0.3, 0.4) is 0 Å². The second kappa shape index (κ2) is 7.35. The van der Waals surface area contributed by atoms with Gasteiger partial charge in [-0.25, -0.2) is 9.48 Å². The summed E-state index contributed by atoms with van der Waals surface area (Å²) in [5, 5.41) is 18.0. The predicted molar refractivity (Wildman–Crippen MR) is 91.1 cm³/mol. The van der Waals surface area contributed by atoms with Gasteiger partial charge >= 0.3 is 5.69 Å². The molecule has 12 nitrogen and oxygen atoms in total. The number of carbonyl (C=O) groups is 1. The molecule has 0 saturated heterocycles. The van der Waals surface area contributed by atoms with Crippen LogP contribution in [0.2, 0.25) is 0 Å². The molecule has 0 spiro atoms. The summed E-state index contributed by atoms with van der Waals surface area (Å²) in [6.45, 7) is 5.67. The highest BCUT2D eigenvalue weighted by atomic mass is 16.4. The van der Waals surface area contributed by atoms with Gasteiger partial charge in [-0.15, -0.1) is 15.3 Å². The Hall–Kier alpha value is -3.57. The van der Waals surface area contributed by atoms with E-state index in [1.807, 2.05) is 0 Å². The number of nitrogens with one attached hydrogen (secondary N) is 2. The van der Waals surface area contributed by atoms with Crippen LogP contribution in [0.4, 0.5) is 0 Å². The summed E-state index contributed by atoms with van der Waals surface area (Å²) in [5.41, 5.74) is -0.150. The van der Waals surface area contributed by atoms with Crippen molar-refractivity contribution in [3.05, 3.63) is 55.8 Å². The lowest BCUT2D eigenvalue weighted by Gasteiger charge is -2.06. The molecule has 1 amide bonds. The Morgan fingerprint density at radius 3 is 2.70 bits per heavy atom. The van der Waals surface area contributed by atoms with Crippen molar-refractivity contribution in [2.75, 3.05) is 0 Å². The van der Waals surface area contributed by atoms with Crippen molar-refractivity contribution >= 4 is 5.91 Å². The summed E-state index contributed by atoms with van der Waals surface area (Å²) in [4.78, 5) is 38.0. The van der Waals surface area contributed by atoms with E-state index >= 15 is 0 Å². The molecule has 0 saturated carbocycles. The van der Waals surface area contributed by atoms with Gasteiger partial charge in [0.2, 0.25) is 11.8 Å². The fourth-order valence-corrected chi connectivity index (χ4v) is 2.42. The van der Waals surface area contributed by atoms with Crippen LogP contribution in [0.1, 0.15) is 40.5 Å². The number of aryl methyl sites for hydroxylation is 2. The number of aromatic nitrogens is 7. The van der Waals surface area contributed by atoms with Crippen LogP contribution >= 0.6 is 0 Å². The minimum absolute atomic E-state index is 0.0520. The average molecular weight is 374 g/mol. The van der Waals surface area contributed by atoms with Gasteiger partial charge < -0.3 is 14.3 Å². The fourth-order valence-electron chi connectivity index (χ4n) is 2.42. The largest absolute Gasteiger partial charge is 0.424 e. The molecule has 0 aliphatic carbocycles. The smallest absolute Gasteiger partial charge is 0.328 e. The van der Waals surface area contributed by atoms with Crippen molar-refractivity contribution in [3.8, 4) is 0 Å². The van der Waals surface area contributed by atoms with E-state index in [1.165, 1.54) is 15.4 Å². The van der Waals surface area contributed by atoms with Crippen molar-refractivity contribution in [3.63, 3.8) is 0 Å². The molecule has 0 aliphatic rings. The number of carbonyl (C=O) groups excluding carboxylic acids is 1. The van der Waals surface area contributed by atoms with Crippen molar-refractivity contribution in [2.45, 2.75) is 40.4 Å². The molecule has 12 heteroatoms. The first-order chi connectivity index (χ1) is 12.9. The molecular formula is C15H18N8O4. The van der Waals surface area contributed by atoms with Gasteiger partial charge in [0.1, 0.15) is 6.54 Å². The highest BCUT2D eigenvalue weighted by molar-refractivity contribution is 5.93. The van der Waals surface area contributed by atoms with Crippen LogP contribution in [0, 0.1) is 13.8 Å². The first kappa shape index (κ1) is 18.2. The summed E-state index contributed by atoms with van der Waals surface area (Å²) in [6.07, 6.45) is 1.42. The Morgan fingerprint density at radius 2 is 2.04 bits per heavy atom. The van der Waals surface area contributed by atoms with E-state index in [4.69, 9.17) is 4.42 Å². The highest BCUT2D eigenvalue weighted by Crippen LogP contribution is 2.07. The van der Waals surface area contributed by atoms with E-state index in [9.17, 15) is 14.4 Å². The lowest BCUT2D eigenvalue weighted by molar-refractivity contribution is 0.0945. The number of hydrogen-bond donors (Lipinski definition) is 2. The van der Waals surface area contributed by atoms with Crippen molar-refractivity contribution in [1.29, 1.82) is 0 Å². The lowest BCUT2D eigenvalue weighted by atomic mass is 10.3. The average Bonchev–Trinajstić information content (AvgIpc) is 3.20. The van der Waals surface area contributed by atoms with Gasteiger partial charge in [0.25, 0.3) is 11.5 Å². The van der Waals surface area contributed by atoms with Gasteiger partial charge in [0.05, 0.1) is 17.8 Å². The minimum atomic E-state index is -0.544. The van der Waals surface area contributed by atoms with Crippen LogP contribution < -0.4 is 16.6 Å². The van der Waals surface area contributed by atoms with Gasteiger partial charge in [-0.05, 0) is 13.8 Å². The zero-order chi connectivity index (χ0) is 19.6. The third-order valence-electron chi connectivity index (χ3n) is 3.92. The summed E-state index contributed by atoms with van der Waals surface area (Å²) in [5.74, 6) is 0.286. The van der Waals surface area contributed by atoms with Gasteiger partial charge in [-0.3, -0.25) is 14.6 Å². The van der Waals surface area contributed by atoms with Crippen LogP contribution in [0.25, 0.3) is 0 Å². The maximum absolute atomic E-state index is 12.4. The minimum Gasteiger partial charge on any atom is -0.424 e. The monoisotopic (exact) mass is 374 g/mol. The molecule has 0 radical (unpaired) electrons. The Morgan fingerprint density at radius 1 is 1.26 bits per heavy atom. The number of nitrogens with zero attached hydrogens (tertiary/aromatic N) is 6. The van der Waals surface area contributed by atoms with E-state index in [0.29, 0.717) is 24.0 Å². The summed E-state index contributed by atoms with van der Waals surface area (Å²) in [6, 6.07) is 0. The van der Waals surface area contributed by atoms with Crippen LogP contribution in [0.5, 0.6) is 0 Å². The van der Waals surface area contributed by atoms with Crippen molar-refractivity contribution < 1.29 is 9.21 Å². The quantitative estimate of drug-likeness (QED) is 0.564. The van der Waals surface area contributed by atoms with E-state index in [1.54, 1.807) is 20.8 Å². The van der Waals surface area contributed by atoms with Crippen molar-refractivity contribution in [1.82, 2.24) is 40.1 Å². The molecule has 0 aliphatic heterocycles. The van der Waals surface area contributed by atoms with Gasteiger partial charge in [-0.2, -0.15) is 0 Å². The number of rotatable bonds is 6. The number of amides is 1. The van der Waals surface area contributed by atoms with Crippen LogP contribution in [-0.4, -0.2) is 40.6 Å². The normalized spacial score (nSPS) is 10.9. The Kier molecular flexibility index (Phi) is 4.96. The molecule has 0 unspecified atom stereocenters. The molecule has 3 heterocycles. The zero-order valence-electron chi connectivity index (χ0n) is 15.0. The van der Waals surface area contributed by atoms with Gasteiger partial charge in [-0.1, -0.05) is 5.21 Å². The molecule has 0 atom stereocenters. The molecule has 3 rings (SSSR count). The van der Waals surface area contributed by atoms with Crippen LogP contribution in [-0.2, 0) is 19.6 Å².